The van der Waals surface area contributed by atoms with Gasteiger partial charge in [0.1, 0.15) is 12.4 Å². The molecule has 1 aromatic heterocycles. The van der Waals surface area contributed by atoms with Gasteiger partial charge in [0.25, 0.3) is 0 Å². The van der Waals surface area contributed by atoms with Crippen LogP contribution in [0.25, 0.3) is 10.8 Å². The largest absolute Gasteiger partial charge is 0.465 e. The molecule has 9 heteroatoms. The summed E-state index contributed by atoms with van der Waals surface area (Å²) in [6.45, 7) is 8.14. The molecule has 226 valence electrons. The topological polar surface area (TPSA) is 85.3 Å². The van der Waals surface area contributed by atoms with E-state index >= 15 is 0 Å². The summed E-state index contributed by atoms with van der Waals surface area (Å²) in [6, 6.07) is 13.7. The van der Waals surface area contributed by atoms with Gasteiger partial charge >= 0.3 is 12.1 Å². The molecule has 4 saturated heterocycles. The van der Waals surface area contributed by atoms with E-state index in [4.69, 9.17) is 14.7 Å². The molecule has 2 atom stereocenters. The van der Waals surface area contributed by atoms with Crippen molar-refractivity contribution in [1.82, 2.24) is 19.8 Å². The summed E-state index contributed by atoms with van der Waals surface area (Å²) in [5.74, 6) is 0.959. The molecule has 0 unspecified atom stereocenters. The Morgan fingerprint density at radius 1 is 1.00 bits per heavy atom. The highest BCUT2D eigenvalue weighted by Gasteiger charge is 2.46. The van der Waals surface area contributed by atoms with Crippen LogP contribution in [0.2, 0.25) is 0 Å². The van der Waals surface area contributed by atoms with Gasteiger partial charge in [-0.3, -0.25) is 9.80 Å². The summed E-state index contributed by atoms with van der Waals surface area (Å²) in [7, 11) is 0. The van der Waals surface area contributed by atoms with Gasteiger partial charge in [-0.2, -0.15) is 9.97 Å². The second kappa shape index (κ2) is 10.5. The average Bonchev–Trinajstić information content (AvgIpc) is 3.69. The van der Waals surface area contributed by atoms with Crippen molar-refractivity contribution in [1.29, 1.82) is 0 Å². The molecule has 4 fully saturated rings. The van der Waals surface area contributed by atoms with Crippen molar-refractivity contribution in [3.8, 4) is 6.01 Å². The van der Waals surface area contributed by atoms with E-state index in [9.17, 15) is 9.90 Å². The van der Waals surface area contributed by atoms with Gasteiger partial charge in [0.05, 0.1) is 29.9 Å². The number of benzene rings is 2. The van der Waals surface area contributed by atoms with Crippen LogP contribution in [0, 0.1) is 0 Å². The first-order valence-electron chi connectivity index (χ1n) is 16.3. The molecule has 2 bridgehead atoms. The SMILES string of the molecule is CCc1cccc2cccc(N3CCc4c(nc(OCC56CCCN5CCC6)nc4N4C[C@H]5CC[C@@H](C4)N5C(=O)O)C3)c12. The van der Waals surface area contributed by atoms with Crippen molar-refractivity contribution in [2.75, 3.05) is 49.1 Å². The normalized spacial score (nSPS) is 24.4. The minimum absolute atomic E-state index is 0.0129. The van der Waals surface area contributed by atoms with Gasteiger partial charge in [0.2, 0.25) is 0 Å². The lowest BCUT2D eigenvalue weighted by Crippen LogP contribution is -2.56. The molecule has 1 N–H and O–H groups in total. The number of piperazine rings is 1. The number of hydrogen-bond acceptors (Lipinski definition) is 7. The van der Waals surface area contributed by atoms with Crippen LogP contribution in [-0.4, -0.2) is 87.9 Å². The molecule has 8 rings (SSSR count). The van der Waals surface area contributed by atoms with Gasteiger partial charge in [-0.1, -0.05) is 37.3 Å². The first-order valence-corrected chi connectivity index (χ1v) is 16.3. The molecule has 2 aromatic carbocycles. The van der Waals surface area contributed by atoms with E-state index in [0.29, 0.717) is 32.3 Å². The first-order chi connectivity index (χ1) is 21.0. The van der Waals surface area contributed by atoms with Crippen molar-refractivity contribution in [2.24, 2.45) is 0 Å². The predicted octanol–water partition coefficient (Wildman–Crippen LogP) is 5.09. The maximum atomic E-state index is 12.0. The number of carbonyl (C=O) groups is 1. The summed E-state index contributed by atoms with van der Waals surface area (Å²) in [4.78, 5) is 31.3. The summed E-state index contributed by atoms with van der Waals surface area (Å²) in [6.07, 6.45) is 7.70. The fraction of sp³-hybridized carbons (Fsp3) is 0.559. The average molecular weight is 583 g/mol. The molecule has 0 spiro atoms. The van der Waals surface area contributed by atoms with Gasteiger partial charge in [0.15, 0.2) is 0 Å². The molecule has 0 saturated carbocycles. The Balaban J connectivity index is 1.15. The van der Waals surface area contributed by atoms with E-state index in [2.05, 4.69) is 58.0 Å². The Hall–Kier alpha value is -3.59. The number of aromatic nitrogens is 2. The third-order valence-electron chi connectivity index (χ3n) is 11.0. The molecule has 5 aliphatic heterocycles. The highest BCUT2D eigenvalue weighted by Crippen LogP contribution is 2.41. The van der Waals surface area contributed by atoms with E-state index in [1.807, 2.05) is 0 Å². The standard InChI is InChI=1S/C34H42N6O3/c1-2-23-7-3-8-24-9-4-10-29(30(23)24)37-18-13-27-28(21-37)35-32(43-22-34-14-5-16-39(34)17-6-15-34)36-31(27)38-19-25-11-12-26(20-38)40(25)33(41)42/h3-4,7-10,25-26H,2,5-6,11-22H2,1H3,(H,41,42)/t25-,26+. The number of nitrogens with zero attached hydrogens (tertiary/aromatic N) is 6. The van der Waals surface area contributed by atoms with E-state index in [-0.39, 0.29) is 17.6 Å². The second-order valence-corrected chi connectivity index (χ2v) is 13.3. The second-order valence-electron chi connectivity index (χ2n) is 13.3. The summed E-state index contributed by atoms with van der Waals surface area (Å²) in [5.41, 5.74) is 5.00. The van der Waals surface area contributed by atoms with E-state index in [1.165, 1.54) is 53.3 Å². The Kier molecular flexibility index (Phi) is 6.62. The summed E-state index contributed by atoms with van der Waals surface area (Å²) in [5, 5.41) is 12.5. The number of fused-ring (bicyclic) bond motifs is 5. The van der Waals surface area contributed by atoms with Gasteiger partial charge in [-0.15, -0.1) is 0 Å². The highest BCUT2D eigenvalue weighted by atomic mass is 16.5. The molecule has 0 aliphatic carbocycles. The minimum atomic E-state index is -0.796. The third kappa shape index (κ3) is 4.50. The Labute approximate surface area is 253 Å². The number of rotatable bonds is 6. The Bertz CT molecular complexity index is 1530. The summed E-state index contributed by atoms with van der Waals surface area (Å²) < 4.78 is 6.55. The molecule has 9 nitrogen and oxygen atoms in total. The van der Waals surface area contributed by atoms with Crippen molar-refractivity contribution in [2.45, 2.75) is 82.5 Å². The minimum Gasteiger partial charge on any atom is -0.465 e. The number of hydrogen-bond donors (Lipinski definition) is 1. The van der Waals surface area contributed by atoms with Crippen LogP contribution in [0.15, 0.2) is 36.4 Å². The molecule has 5 aliphatic rings. The molecule has 1 amide bonds. The van der Waals surface area contributed by atoms with Crippen LogP contribution >= 0.6 is 0 Å². The lowest BCUT2D eigenvalue weighted by molar-refractivity contribution is 0.107. The molecular weight excluding hydrogens is 540 g/mol. The van der Waals surface area contributed by atoms with Gasteiger partial charge < -0.3 is 19.6 Å². The predicted molar refractivity (Wildman–Crippen MR) is 167 cm³/mol. The van der Waals surface area contributed by atoms with Gasteiger partial charge in [-0.05, 0) is 81.5 Å². The van der Waals surface area contributed by atoms with Gasteiger partial charge in [0, 0.05) is 36.3 Å². The van der Waals surface area contributed by atoms with Crippen LogP contribution in [0.3, 0.4) is 0 Å². The van der Waals surface area contributed by atoms with Crippen molar-refractivity contribution >= 4 is 28.4 Å². The molecule has 43 heavy (non-hydrogen) atoms. The lowest BCUT2D eigenvalue weighted by Gasteiger charge is -2.41. The monoisotopic (exact) mass is 582 g/mol. The number of amides is 1. The Morgan fingerprint density at radius 3 is 2.47 bits per heavy atom. The first kappa shape index (κ1) is 27.0. The van der Waals surface area contributed by atoms with Crippen molar-refractivity contribution in [3.05, 3.63) is 53.2 Å². The van der Waals surface area contributed by atoms with Gasteiger partial charge in [-0.25, -0.2) is 4.79 Å². The molecule has 6 heterocycles. The number of aryl methyl sites for hydroxylation is 1. The highest BCUT2D eigenvalue weighted by molar-refractivity contribution is 5.97. The maximum absolute atomic E-state index is 12.0. The zero-order valence-electron chi connectivity index (χ0n) is 25.2. The van der Waals surface area contributed by atoms with Crippen LogP contribution in [-0.2, 0) is 19.4 Å². The smallest absolute Gasteiger partial charge is 0.407 e. The molecule has 3 aromatic rings. The molecular formula is C34H42N6O3. The zero-order chi connectivity index (χ0) is 29.1. The lowest BCUT2D eigenvalue weighted by atomic mass is 9.95. The van der Waals surface area contributed by atoms with Crippen molar-refractivity contribution in [3.63, 3.8) is 0 Å². The Morgan fingerprint density at radius 2 is 1.74 bits per heavy atom. The molecule has 0 radical (unpaired) electrons. The van der Waals surface area contributed by atoms with E-state index < -0.39 is 6.09 Å². The fourth-order valence-corrected chi connectivity index (χ4v) is 8.92. The summed E-state index contributed by atoms with van der Waals surface area (Å²) >= 11 is 0. The number of ether oxygens (including phenoxy) is 1. The van der Waals surface area contributed by atoms with E-state index in [1.54, 1.807) is 4.90 Å². The number of anilines is 2. The van der Waals surface area contributed by atoms with Crippen molar-refractivity contribution < 1.29 is 14.6 Å². The van der Waals surface area contributed by atoms with Crippen LogP contribution in [0.1, 0.15) is 62.3 Å². The van der Waals surface area contributed by atoms with Crippen LogP contribution in [0.5, 0.6) is 6.01 Å². The maximum Gasteiger partial charge on any atom is 0.407 e. The van der Waals surface area contributed by atoms with E-state index in [0.717, 1.165) is 56.8 Å². The third-order valence-corrected chi connectivity index (χ3v) is 11.0. The quantitative estimate of drug-likeness (QED) is 0.430. The number of carboxylic acid groups (broad SMARTS) is 1. The fourth-order valence-electron chi connectivity index (χ4n) is 8.92. The van der Waals surface area contributed by atoms with Crippen LogP contribution < -0.4 is 14.5 Å². The zero-order valence-corrected chi connectivity index (χ0v) is 25.2. The van der Waals surface area contributed by atoms with Crippen LogP contribution in [0.4, 0.5) is 16.3 Å².